The standard InChI is InChI=1S/C10H10BrF4NO/c1-17-7-3-2-5(4-6(7)11)8(16)10(14,15)9(12)13/h2-4,8-9H,16H2,1H3. The molecule has 0 aliphatic rings. The van der Waals surface area contributed by atoms with E-state index in [0.29, 0.717) is 10.2 Å². The smallest absolute Gasteiger partial charge is 0.326 e. The van der Waals surface area contributed by atoms with E-state index in [4.69, 9.17) is 10.5 Å². The molecule has 0 aliphatic carbocycles. The van der Waals surface area contributed by atoms with Crippen LogP contribution >= 0.6 is 15.9 Å². The Morgan fingerprint density at radius 3 is 2.35 bits per heavy atom. The van der Waals surface area contributed by atoms with Gasteiger partial charge in [0.1, 0.15) is 11.8 Å². The number of hydrogen-bond donors (Lipinski definition) is 1. The number of halogens is 5. The second-order valence-electron chi connectivity index (χ2n) is 3.35. The molecule has 0 radical (unpaired) electrons. The third-order valence-electron chi connectivity index (χ3n) is 2.24. The molecule has 7 heteroatoms. The van der Waals surface area contributed by atoms with Crippen LogP contribution in [-0.2, 0) is 0 Å². The zero-order valence-electron chi connectivity index (χ0n) is 8.76. The highest BCUT2D eigenvalue weighted by molar-refractivity contribution is 9.10. The van der Waals surface area contributed by atoms with Crippen LogP contribution in [0.1, 0.15) is 11.6 Å². The molecule has 0 bridgehead atoms. The topological polar surface area (TPSA) is 35.2 Å². The zero-order chi connectivity index (χ0) is 13.2. The molecule has 1 rings (SSSR count). The summed E-state index contributed by atoms with van der Waals surface area (Å²) in [6, 6.07) is 1.77. The minimum absolute atomic E-state index is 0.0945. The van der Waals surface area contributed by atoms with Crippen molar-refractivity contribution in [3.05, 3.63) is 28.2 Å². The van der Waals surface area contributed by atoms with Gasteiger partial charge < -0.3 is 10.5 Å². The second-order valence-corrected chi connectivity index (χ2v) is 4.20. The molecule has 1 atom stereocenters. The first-order valence-corrected chi connectivity index (χ1v) is 5.35. The predicted molar refractivity (Wildman–Crippen MR) is 58.6 cm³/mol. The highest BCUT2D eigenvalue weighted by Crippen LogP contribution is 2.37. The molecule has 2 N–H and O–H groups in total. The lowest BCUT2D eigenvalue weighted by Crippen LogP contribution is -2.39. The van der Waals surface area contributed by atoms with Gasteiger partial charge in [-0.1, -0.05) is 6.07 Å². The molecule has 17 heavy (non-hydrogen) atoms. The Labute approximate surface area is 104 Å². The largest absolute Gasteiger partial charge is 0.496 e. The van der Waals surface area contributed by atoms with Crippen molar-refractivity contribution < 1.29 is 22.3 Å². The monoisotopic (exact) mass is 315 g/mol. The van der Waals surface area contributed by atoms with Crippen LogP contribution in [0.15, 0.2) is 22.7 Å². The first-order chi connectivity index (χ1) is 7.80. The summed E-state index contributed by atoms with van der Waals surface area (Å²) in [5, 5.41) is 0. The van der Waals surface area contributed by atoms with E-state index >= 15 is 0 Å². The molecule has 0 fully saturated rings. The summed E-state index contributed by atoms with van der Waals surface area (Å²) in [6.07, 6.45) is -3.81. The molecule has 0 saturated heterocycles. The first-order valence-electron chi connectivity index (χ1n) is 4.55. The van der Waals surface area contributed by atoms with Crippen molar-refractivity contribution in [2.75, 3.05) is 7.11 Å². The van der Waals surface area contributed by atoms with E-state index in [0.717, 1.165) is 0 Å². The Bertz CT molecular complexity index is 400. The third kappa shape index (κ3) is 2.90. The molecule has 96 valence electrons. The van der Waals surface area contributed by atoms with Crippen LogP contribution in [0.25, 0.3) is 0 Å². The van der Waals surface area contributed by atoms with Crippen molar-refractivity contribution in [2.45, 2.75) is 18.4 Å². The lowest BCUT2D eigenvalue weighted by Gasteiger charge is -2.23. The van der Waals surface area contributed by atoms with Crippen molar-refractivity contribution in [2.24, 2.45) is 5.73 Å². The average molecular weight is 316 g/mol. The SMILES string of the molecule is COc1ccc(C(N)C(F)(F)C(F)F)cc1Br. The van der Waals surface area contributed by atoms with Gasteiger partial charge in [0.25, 0.3) is 0 Å². The quantitative estimate of drug-likeness (QED) is 0.865. The summed E-state index contributed by atoms with van der Waals surface area (Å²) in [4.78, 5) is 0. The Hall–Kier alpha value is -0.820. The molecule has 1 aromatic rings. The summed E-state index contributed by atoms with van der Waals surface area (Å²) >= 11 is 3.07. The Balaban J connectivity index is 3.05. The van der Waals surface area contributed by atoms with Crippen LogP contribution < -0.4 is 10.5 Å². The van der Waals surface area contributed by atoms with Gasteiger partial charge >= 0.3 is 12.3 Å². The van der Waals surface area contributed by atoms with Crippen LogP contribution in [0.4, 0.5) is 17.6 Å². The highest BCUT2D eigenvalue weighted by Gasteiger charge is 2.47. The fraction of sp³-hybridized carbons (Fsp3) is 0.400. The number of rotatable bonds is 4. The van der Waals surface area contributed by atoms with Crippen molar-refractivity contribution in [1.82, 2.24) is 0 Å². The molecule has 2 nitrogen and oxygen atoms in total. The summed E-state index contributed by atoms with van der Waals surface area (Å²) in [5.74, 6) is -3.87. The first kappa shape index (κ1) is 14.2. The van der Waals surface area contributed by atoms with Gasteiger partial charge in [0.2, 0.25) is 0 Å². The van der Waals surface area contributed by atoms with Gasteiger partial charge in [0.05, 0.1) is 11.6 Å². The fourth-order valence-electron chi connectivity index (χ4n) is 1.23. The van der Waals surface area contributed by atoms with Crippen molar-refractivity contribution >= 4 is 15.9 Å². The van der Waals surface area contributed by atoms with Crippen LogP contribution in [0.2, 0.25) is 0 Å². The molecule has 0 saturated carbocycles. The Morgan fingerprint density at radius 1 is 1.35 bits per heavy atom. The molecule has 0 spiro atoms. The van der Waals surface area contributed by atoms with E-state index in [-0.39, 0.29) is 5.56 Å². The second kappa shape index (κ2) is 5.22. The number of nitrogens with two attached hydrogens (primary N) is 1. The summed E-state index contributed by atoms with van der Waals surface area (Å²) in [7, 11) is 1.40. The maximum absolute atomic E-state index is 13.0. The maximum atomic E-state index is 13.0. The van der Waals surface area contributed by atoms with Crippen LogP contribution in [-0.4, -0.2) is 19.5 Å². The zero-order valence-corrected chi connectivity index (χ0v) is 10.3. The van der Waals surface area contributed by atoms with Crippen LogP contribution in [0, 0.1) is 0 Å². The molecule has 0 aromatic heterocycles. The van der Waals surface area contributed by atoms with Gasteiger partial charge in [-0.3, -0.25) is 0 Å². The number of ether oxygens (including phenoxy) is 1. The van der Waals surface area contributed by atoms with Crippen molar-refractivity contribution in [3.63, 3.8) is 0 Å². The lowest BCUT2D eigenvalue weighted by molar-refractivity contribution is -0.144. The maximum Gasteiger partial charge on any atom is 0.326 e. The number of benzene rings is 1. The predicted octanol–water partition coefficient (Wildman–Crippen LogP) is 3.36. The summed E-state index contributed by atoms with van der Waals surface area (Å²) in [5.41, 5.74) is 5.05. The molecular weight excluding hydrogens is 306 g/mol. The normalized spacial score (nSPS) is 13.9. The van der Waals surface area contributed by atoms with E-state index in [1.807, 2.05) is 0 Å². The Kier molecular flexibility index (Phi) is 4.37. The minimum Gasteiger partial charge on any atom is -0.496 e. The van der Waals surface area contributed by atoms with E-state index in [9.17, 15) is 17.6 Å². The van der Waals surface area contributed by atoms with E-state index in [1.165, 1.54) is 25.3 Å². The fourth-order valence-corrected chi connectivity index (χ4v) is 1.79. The molecule has 0 heterocycles. The highest BCUT2D eigenvalue weighted by atomic mass is 79.9. The van der Waals surface area contributed by atoms with Gasteiger partial charge in [-0.05, 0) is 33.6 Å². The van der Waals surface area contributed by atoms with Gasteiger partial charge in [-0.25, -0.2) is 8.78 Å². The molecule has 1 aromatic carbocycles. The van der Waals surface area contributed by atoms with Crippen molar-refractivity contribution in [3.8, 4) is 5.75 Å². The van der Waals surface area contributed by atoms with Gasteiger partial charge in [0, 0.05) is 0 Å². The summed E-state index contributed by atoms with van der Waals surface area (Å²) < 4.78 is 55.6. The molecule has 1 unspecified atom stereocenters. The van der Waals surface area contributed by atoms with E-state index in [2.05, 4.69) is 15.9 Å². The Morgan fingerprint density at radius 2 is 1.94 bits per heavy atom. The van der Waals surface area contributed by atoms with E-state index in [1.54, 1.807) is 0 Å². The van der Waals surface area contributed by atoms with Crippen LogP contribution in [0.3, 0.4) is 0 Å². The number of methoxy groups -OCH3 is 1. The van der Waals surface area contributed by atoms with Gasteiger partial charge in [-0.2, -0.15) is 8.78 Å². The minimum atomic E-state index is -4.27. The van der Waals surface area contributed by atoms with Crippen molar-refractivity contribution in [1.29, 1.82) is 0 Å². The number of hydrogen-bond acceptors (Lipinski definition) is 2. The third-order valence-corrected chi connectivity index (χ3v) is 2.86. The van der Waals surface area contributed by atoms with Crippen LogP contribution in [0.5, 0.6) is 5.75 Å². The molecular formula is C10H10BrF4NO. The molecule has 0 amide bonds. The van der Waals surface area contributed by atoms with Gasteiger partial charge in [-0.15, -0.1) is 0 Å². The summed E-state index contributed by atoms with van der Waals surface area (Å²) in [6.45, 7) is 0. The molecule has 0 aliphatic heterocycles. The van der Waals surface area contributed by atoms with E-state index < -0.39 is 18.4 Å². The van der Waals surface area contributed by atoms with Gasteiger partial charge in [0.15, 0.2) is 0 Å². The number of alkyl halides is 4. The lowest BCUT2D eigenvalue weighted by atomic mass is 10.0. The average Bonchev–Trinajstić information content (AvgIpc) is 2.27.